The van der Waals surface area contributed by atoms with Gasteiger partial charge in [0.1, 0.15) is 11.5 Å². The van der Waals surface area contributed by atoms with Gasteiger partial charge in [-0.15, -0.1) is 11.3 Å². The van der Waals surface area contributed by atoms with Crippen LogP contribution in [0.15, 0.2) is 53.1 Å². The van der Waals surface area contributed by atoms with Gasteiger partial charge in [-0.3, -0.25) is 10.4 Å². The topological polar surface area (TPSA) is 68.6 Å². The maximum atomic E-state index is 5.42. The van der Waals surface area contributed by atoms with E-state index in [1.807, 2.05) is 48.7 Å². The summed E-state index contributed by atoms with van der Waals surface area (Å²) in [5.74, 6) is 1.49. The zero-order valence-corrected chi connectivity index (χ0v) is 15.0. The van der Waals surface area contributed by atoms with Crippen LogP contribution in [-0.4, -0.2) is 29.9 Å². The third-order valence-electron chi connectivity index (χ3n) is 3.54. The van der Waals surface area contributed by atoms with E-state index in [-0.39, 0.29) is 0 Å². The quantitative estimate of drug-likeness (QED) is 0.534. The van der Waals surface area contributed by atoms with Gasteiger partial charge in [-0.05, 0) is 37.3 Å². The molecule has 0 aliphatic heterocycles. The number of aromatic nitrogens is 2. The number of hydrazone groups is 1. The number of pyridine rings is 1. The van der Waals surface area contributed by atoms with Crippen molar-refractivity contribution in [1.29, 1.82) is 0 Å². The third-order valence-corrected chi connectivity index (χ3v) is 4.29. The van der Waals surface area contributed by atoms with Gasteiger partial charge < -0.3 is 9.47 Å². The van der Waals surface area contributed by atoms with Crippen LogP contribution >= 0.6 is 11.3 Å². The molecule has 0 saturated heterocycles. The van der Waals surface area contributed by atoms with Gasteiger partial charge >= 0.3 is 0 Å². The lowest BCUT2D eigenvalue weighted by atomic mass is 10.1. The lowest BCUT2D eigenvalue weighted by Crippen LogP contribution is -2.01. The van der Waals surface area contributed by atoms with E-state index in [0.717, 1.165) is 34.2 Å². The van der Waals surface area contributed by atoms with Gasteiger partial charge in [-0.2, -0.15) is 5.10 Å². The molecule has 3 aromatic rings. The summed E-state index contributed by atoms with van der Waals surface area (Å²) in [4.78, 5) is 8.84. The first-order valence-corrected chi connectivity index (χ1v) is 8.49. The van der Waals surface area contributed by atoms with Gasteiger partial charge in [-0.25, -0.2) is 4.98 Å². The third kappa shape index (κ3) is 3.95. The number of benzene rings is 1. The van der Waals surface area contributed by atoms with E-state index in [1.165, 1.54) is 11.3 Å². The molecule has 1 N–H and O–H groups in total. The van der Waals surface area contributed by atoms with Crippen LogP contribution in [-0.2, 0) is 0 Å². The molecule has 0 atom stereocenters. The van der Waals surface area contributed by atoms with E-state index in [0.29, 0.717) is 5.13 Å². The SMILES string of the molecule is COc1ccc(OC)c(-c2csc(N/N=C(/C)c3ccccn3)n2)c1. The Bertz CT molecular complexity index is 878. The molecule has 0 radical (unpaired) electrons. The van der Waals surface area contributed by atoms with Crippen LogP contribution in [0.5, 0.6) is 11.5 Å². The monoisotopic (exact) mass is 354 g/mol. The molecule has 1 aromatic carbocycles. The Balaban J connectivity index is 1.81. The largest absolute Gasteiger partial charge is 0.497 e. The minimum absolute atomic E-state index is 0.690. The second-order valence-electron chi connectivity index (χ2n) is 5.13. The Morgan fingerprint density at radius 2 is 2.04 bits per heavy atom. The number of nitrogens with one attached hydrogen (secondary N) is 1. The number of hydrogen-bond donors (Lipinski definition) is 1. The van der Waals surface area contributed by atoms with Crippen LogP contribution in [0.1, 0.15) is 12.6 Å². The molecule has 0 spiro atoms. The van der Waals surface area contributed by atoms with E-state index >= 15 is 0 Å². The first-order chi connectivity index (χ1) is 12.2. The fraction of sp³-hybridized carbons (Fsp3) is 0.167. The molecular formula is C18H18N4O2S. The van der Waals surface area contributed by atoms with Crippen molar-refractivity contribution in [1.82, 2.24) is 9.97 Å². The van der Waals surface area contributed by atoms with Crippen LogP contribution in [0, 0.1) is 0 Å². The van der Waals surface area contributed by atoms with Gasteiger partial charge in [0.2, 0.25) is 5.13 Å². The highest BCUT2D eigenvalue weighted by Crippen LogP contribution is 2.34. The lowest BCUT2D eigenvalue weighted by molar-refractivity contribution is 0.404. The average Bonchev–Trinajstić information content (AvgIpc) is 3.15. The number of ether oxygens (including phenoxy) is 2. The van der Waals surface area contributed by atoms with Crippen LogP contribution in [0.4, 0.5) is 5.13 Å². The summed E-state index contributed by atoms with van der Waals surface area (Å²) in [6, 6.07) is 11.3. The fourth-order valence-corrected chi connectivity index (χ4v) is 2.88. The predicted molar refractivity (Wildman–Crippen MR) is 101 cm³/mol. The van der Waals surface area contributed by atoms with Crippen molar-refractivity contribution in [2.24, 2.45) is 5.10 Å². The summed E-state index contributed by atoms with van der Waals surface area (Å²) >= 11 is 1.47. The molecule has 0 amide bonds. The van der Waals surface area contributed by atoms with Crippen molar-refractivity contribution < 1.29 is 9.47 Å². The summed E-state index contributed by atoms with van der Waals surface area (Å²) in [6.45, 7) is 1.90. The van der Waals surface area contributed by atoms with Crippen molar-refractivity contribution in [3.63, 3.8) is 0 Å². The Hall–Kier alpha value is -2.93. The first-order valence-electron chi connectivity index (χ1n) is 7.61. The van der Waals surface area contributed by atoms with Crippen LogP contribution in [0.3, 0.4) is 0 Å². The molecular weight excluding hydrogens is 336 g/mol. The Kier molecular flexibility index (Phi) is 5.25. The number of methoxy groups -OCH3 is 2. The van der Waals surface area contributed by atoms with E-state index < -0.39 is 0 Å². The van der Waals surface area contributed by atoms with Crippen molar-refractivity contribution in [2.45, 2.75) is 6.92 Å². The number of hydrogen-bond acceptors (Lipinski definition) is 7. The molecule has 2 aromatic heterocycles. The standard InChI is InChI=1S/C18H18N4O2S/c1-12(15-6-4-5-9-19-15)21-22-18-20-16(11-25-18)14-10-13(23-2)7-8-17(14)24-3/h4-11H,1-3H3,(H,20,22)/b21-12-. The van der Waals surface area contributed by atoms with E-state index in [9.17, 15) is 0 Å². The smallest absolute Gasteiger partial charge is 0.203 e. The molecule has 0 fully saturated rings. The average molecular weight is 354 g/mol. The Labute approximate surface area is 150 Å². The molecule has 7 heteroatoms. The van der Waals surface area contributed by atoms with E-state index in [2.05, 4.69) is 20.5 Å². The second kappa shape index (κ2) is 7.76. The summed E-state index contributed by atoms with van der Waals surface area (Å²) in [7, 11) is 3.27. The molecule has 0 unspecified atom stereocenters. The molecule has 3 rings (SSSR count). The molecule has 0 aliphatic rings. The van der Waals surface area contributed by atoms with Crippen molar-refractivity contribution in [3.05, 3.63) is 53.7 Å². The molecule has 0 bridgehead atoms. The van der Waals surface area contributed by atoms with Crippen LogP contribution < -0.4 is 14.9 Å². The minimum atomic E-state index is 0.690. The first kappa shape index (κ1) is 16.9. The van der Waals surface area contributed by atoms with Crippen molar-refractivity contribution in [2.75, 3.05) is 19.6 Å². The van der Waals surface area contributed by atoms with Gasteiger partial charge in [0, 0.05) is 17.1 Å². The van der Waals surface area contributed by atoms with Crippen LogP contribution in [0.25, 0.3) is 11.3 Å². The van der Waals surface area contributed by atoms with E-state index in [4.69, 9.17) is 9.47 Å². The number of anilines is 1. The summed E-state index contributed by atoms with van der Waals surface area (Å²) in [6.07, 6.45) is 1.74. The molecule has 0 saturated carbocycles. The summed E-state index contributed by atoms with van der Waals surface area (Å²) < 4.78 is 10.7. The zero-order chi connectivity index (χ0) is 17.6. The molecule has 25 heavy (non-hydrogen) atoms. The summed E-state index contributed by atoms with van der Waals surface area (Å²) in [5.41, 5.74) is 6.26. The number of rotatable bonds is 6. The molecule has 0 aliphatic carbocycles. The summed E-state index contributed by atoms with van der Waals surface area (Å²) in [5, 5.41) is 6.98. The predicted octanol–water partition coefficient (Wildman–Crippen LogP) is 4.06. The molecule has 6 nitrogen and oxygen atoms in total. The van der Waals surface area contributed by atoms with Gasteiger partial charge in [-0.1, -0.05) is 6.07 Å². The van der Waals surface area contributed by atoms with Crippen molar-refractivity contribution in [3.8, 4) is 22.8 Å². The van der Waals surface area contributed by atoms with Gasteiger partial charge in [0.25, 0.3) is 0 Å². The number of thiazole rings is 1. The van der Waals surface area contributed by atoms with Crippen LogP contribution in [0.2, 0.25) is 0 Å². The van der Waals surface area contributed by atoms with E-state index in [1.54, 1.807) is 20.4 Å². The highest BCUT2D eigenvalue weighted by Gasteiger charge is 2.11. The second-order valence-corrected chi connectivity index (χ2v) is 5.99. The maximum Gasteiger partial charge on any atom is 0.203 e. The highest BCUT2D eigenvalue weighted by molar-refractivity contribution is 7.14. The maximum absolute atomic E-state index is 5.42. The normalized spacial score (nSPS) is 11.2. The Morgan fingerprint density at radius 1 is 1.16 bits per heavy atom. The van der Waals surface area contributed by atoms with Gasteiger partial charge in [0.15, 0.2) is 0 Å². The minimum Gasteiger partial charge on any atom is -0.497 e. The molecule has 2 heterocycles. The van der Waals surface area contributed by atoms with Gasteiger partial charge in [0.05, 0.1) is 31.3 Å². The van der Waals surface area contributed by atoms with Crippen molar-refractivity contribution >= 4 is 22.2 Å². The Morgan fingerprint density at radius 3 is 2.76 bits per heavy atom. The molecule has 128 valence electrons. The fourth-order valence-electron chi connectivity index (χ4n) is 2.23. The highest BCUT2D eigenvalue weighted by atomic mass is 32.1. The number of nitrogens with zero attached hydrogens (tertiary/aromatic N) is 3. The lowest BCUT2D eigenvalue weighted by Gasteiger charge is -2.08. The zero-order valence-electron chi connectivity index (χ0n) is 14.2.